The highest BCUT2D eigenvalue weighted by Gasteiger charge is 2.08. The van der Waals surface area contributed by atoms with E-state index in [1.807, 2.05) is 0 Å². The smallest absolute Gasteiger partial charge is 0.251 e. The molecule has 0 heterocycles. The van der Waals surface area contributed by atoms with Gasteiger partial charge in [-0.3, -0.25) is 4.79 Å². The van der Waals surface area contributed by atoms with Crippen LogP contribution in [-0.4, -0.2) is 32.8 Å². The number of nitrogens with two attached hydrogens (primary N) is 1. The summed E-state index contributed by atoms with van der Waals surface area (Å²) in [7, 11) is 1.59. The normalized spacial score (nSPS) is 10.5. The molecule has 0 fully saturated rings. The highest BCUT2D eigenvalue weighted by Crippen LogP contribution is 2.23. The van der Waals surface area contributed by atoms with Crippen molar-refractivity contribution in [2.75, 3.05) is 32.6 Å². The minimum Gasteiger partial charge on any atom is -0.491 e. The molecule has 1 aromatic rings. The number of nitrogens with one attached hydrogen (secondary N) is 1. The first-order chi connectivity index (χ1) is 9.04. The van der Waals surface area contributed by atoms with E-state index in [2.05, 4.69) is 19.2 Å². The van der Waals surface area contributed by atoms with Crippen molar-refractivity contribution in [3.8, 4) is 5.75 Å². The fourth-order valence-electron chi connectivity index (χ4n) is 1.45. The van der Waals surface area contributed by atoms with Crippen molar-refractivity contribution in [2.45, 2.75) is 13.8 Å². The van der Waals surface area contributed by atoms with Crippen LogP contribution in [0, 0.1) is 5.92 Å². The van der Waals surface area contributed by atoms with Crippen molar-refractivity contribution in [3.63, 3.8) is 0 Å². The summed E-state index contributed by atoms with van der Waals surface area (Å²) in [6.45, 7) is 5.68. The molecule has 5 heteroatoms. The number of methoxy groups -OCH3 is 1. The van der Waals surface area contributed by atoms with Gasteiger partial charge in [0.25, 0.3) is 5.91 Å². The van der Waals surface area contributed by atoms with Gasteiger partial charge in [-0.25, -0.2) is 0 Å². The van der Waals surface area contributed by atoms with Crippen LogP contribution in [0.1, 0.15) is 24.2 Å². The second-order valence-corrected chi connectivity index (χ2v) is 4.71. The van der Waals surface area contributed by atoms with Gasteiger partial charge < -0.3 is 20.5 Å². The minimum absolute atomic E-state index is 0.167. The number of ether oxygens (including phenoxy) is 2. The fraction of sp³-hybridized carbons (Fsp3) is 0.500. The molecule has 0 aromatic heterocycles. The van der Waals surface area contributed by atoms with E-state index in [0.29, 0.717) is 42.7 Å². The molecule has 0 aliphatic rings. The summed E-state index contributed by atoms with van der Waals surface area (Å²) < 4.78 is 10.4. The van der Waals surface area contributed by atoms with Gasteiger partial charge in [-0.15, -0.1) is 0 Å². The minimum atomic E-state index is -0.167. The van der Waals surface area contributed by atoms with Crippen LogP contribution in [0.3, 0.4) is 0 Å². The average Bonchev–Trinajstić information content (AvgIpc) is 2.37. The zero-order valence-corrected chi connectivity index (χ0v) is 11.7. The number of nitrogen functional groups attached to an aromatic ring is 1. The molecule has 0 unspecified atom stereocenters. The maximum Gasteiger partial charge on any atom is 0.251 e. The monoisotopic (exact) mass is 266 g/mol. The number of benzene rings is 1. The predicted octanol–water partition coefficient (Wildman–Crippen LogP) is 1.68. The summed E-state index contributed by atoms with van der Waals surface area (Å²) in [4.78, 5) is 11.8. The second-order valence-electron chi connectivity index (χ2n) is 4.71. The Bertz CT molecular complexity index is 419. The van der Waals surface area contributed by atoms with Crippen LogP contribution in [0.2, 0.25) is 0 Å². The van der Waals surface area contributed by atoms with E-state index in [1.165, 1.54) is 0 Å². The Morgan fingerprint density at radius 3 is 2.74 bits per heavy atom. The lowest BCUT2D eigenvalue weighted by atomic mass is 10.1. The molecular weight excluding hydrogens is 244 g/mol. The number of amides is 1. The summed E-state index contributed by atoms with van der Waals surface area (Å²) in [5.41, 5.74) is 6.86. The molecular formula is C14H22N2O3. The molecule has 3 N–H and O–H groups in total. The molecule has 0 atom stereocenters. The fourth-order valence-corrected chi connectivity index (χ4v) is 1.45. The van der Waals surface area contributed by atoms with Crippen molar-refractivity contribution >= 4 is 11.6 Å². The molecule has 1 rings (SSSR count). The number of hydrogen-bond donors (Lipinski definition) is 2. The largest absolute Gasteiger partial charge is 0.491 e. The third-order valence-electron chi connectivity index (χ3n) is 2.44. The summed E-state index contributed by atoms with van der Waals surface area (Å²) in [6, 6.07) is 5.05. The Morgan fingerprint density at radius 1 is 1.42 bits per heavy atom. The van der Waals surface area contributed by atoms with E-state index >= 15 is 0 Å². The summed E-state index contributed by atoms with van der Waals surface area (Å²) in [5, 5.41) is 2.74. The van der Waals surface area contributed by atoms with Gasteiger partial charge in [0.1, 0.15) is 5.75 Å². The number of carbonyl (C=O) groups is 1. The van der Waals surface area contributed by atoms with Crippen molar-refractivity contribution in [1.29, 1.82) is 0 Å². The quantitative estimate of drug-likeness (QED) is 0.581. The Balaban J connectivity index is 2.62. The number of anilines is 1. The van der Waals surface area contributed by atoms with E-state index in [4.69, 9.17) is 15.2 Å². The van der Waals surface area contributed by atoms with Gasteiger partial charge in [0.05, 0.1) is 18.9 Å². The van der Waals surface area contributed by atoms with Crippen LogP contribution in [0.5, 0.6) is 5.75 Å². The molecule has 0 spiro atoms. The first kappa shape index (κ1) is 15.3. The van der Waals surface area contributed by atoms with E-state index in [0.717, 1.165) is 0 Å². The van der Waals surface area contributed by atoms with Crippen LogP contribution in [0.25, 0.3) is 0 Å². The number of carbonyl (C=O) groups excluding carboxylic acids is 1. The second kappa shape index (κ2) is 7.63. The Morgan fingerprint density at radius 2 is 2.16 bits per heavy atom. The van der Waals surface area contributed by atoms with Crippen molar-refractivity contribution < 1.29 is 14.3 Å². The Hall–Kier alpha value is -1.75. The molecule has 1 amide bonds. The first-order valence-electron chi connectivity index (χ1n) is 6.34. The first-order valence-corrected chi connectivity index (χ1v) is 6.34. The topological polar surface area (TPSA) is 73.6 Å². The maximum absolute atomic E-state index is 11.8. The summed E-state index contributed by atoms with van der Waals surface area (Å²) >= 11 is 0. The Labute approximate surface area is 114 Å². The molecule has 0 saturated carbocycles. The molecule has 0 aliphatic carbocycles. The zero-order valence-electron chi connectivity index (χ0n) is 11.7. The highest BCUT2D eigenvalue weighted by atomic mass is 16.5. The third-order valence-corrected chi connectivity index (χ3v) is 2.44. The number of hydrogen-bond acceptors (Lipinski definition) is 4. The number of rotatable bonds is 7. The predicted molar refractivity (Wildman–Crippen MR) is 75.4 cm³/mol. The highest BCUT2D eigenvalue weighted by molar-refractivity contribution is 5.95. The van der Waals surface area contributed by atoms with E-state index < -0.39 is 0 Å². The molecule has 1 aromatic carbocycles. The van der Waals surface area contributed by atoms with Crippen molar-refractivity contribution in [2.24, 2.45) is 5.92 Å². The molecule has 0 saturated heterocycles. The van der Waals surface area contributed by atoms with Crippen molar-refractivity contribution in [1.82, 2.24) is 5.32 Å². The standard InChI is InChI=1S/C14H22N2O3/c1-10(2)9-19-13-5-4-11(8-12(13)15)14(17)16-6-7-18-3/h4-5,8,10H,6-7,9,15H2,1-3H3,(H,16,17). The van der Waals surface area contributed by atoms with Gasteiger partial charge in [-0.05, 0) is 24.1 Å². The average molecular weight is 266 g/mol. The SMILES string of the molecule is COCCNC(=O)c1ccc(OCC(C)C)c(N)c1. The van der Waals surface area contributed by atoms with Crippen LogP contribution >= 0.6 is 0 Å². The Kier molecular flexibility index (Phi) is 6.15. The molecule has 0 bridgehead atoms. The van der Waals surface area contributed by atoms with E-state index in [1.54, 1.807) is 25.3 Å². The van der Waals surface area contributed by atoms with E-state index in [-0.39, 0.29) is 5.91 Å². The third kappa shape index (κ3) is 5.18. The van der Waals surface area contributed by atoms with Gasteiger partial charge in [0.15, 0.2) is 0 Å². The lowest BCUT2D eigenvalue weighted by molar-refractivity contribution is 0.0937. The zero-order chi connectivity index (χ0) is 14.3. The summed E-state index contributed by atoms with van der Waals surface area (Å²) in [5.74, 6) is 0.873. The van der Waals surface area contributed by atoms with E-state index in [9.17, 15) is 4.79 Å². The van der Waals surface area contributed by atoms with Gasteiger partial charge in [0.2, 0.25) is 0 Å². The van der Waals surface area contributed by atoms with Crippen LogP contribution < -0.4 is 15.8 Å². The van der Waals surface area contributed by atoms with Gasteiger partial charge in [0, 0.05) is 19.2 Å². The molecule has 106 valence electrons. The van der Waals surface area contributed by atoms with Gasteiger partial charge >= 0.3 is 0 Å². The van der Waals surface area contributed by atoms with Gasteiger partial charge in [-0.1, -0.05) is 13.8 Å². The summed E-state index contributed by atoms with van der Waals surface area (Å²) in [6.07, 6.45) is 0. The molecule has 0 radical (unpaired) electrons. The van der Waals surface area contributed by atoms with Crippen LogP contribution in [0.15, 0.2) is 18.2 Å². The molecule has 5 nitrogen and oxygen atoms in total. The van der Waals surface area contributed by atoms with Crippen LogP contribution in [-0.2, 0) is 4.74 Å². The van der Waals surface area contributed by atoms with Crippen LogP contribution in [0.4, 0.5) is 5.69 Å². The maximum atomic E-state index is 11.8. The molecule has 0 aliphatic heterocycles. The van der Waals surface area contributed by atoms with Crippen molar-refractivity contribution in [3.05, 3.63) is 23.8 Å². The lowest BCUT2D eigenvalue weighted by Crippen LogP contribution is -2.27. The molecule has 19 heavy (non-hydrogen) atoms. The lowest BCUT2D eigenvalue weighted by Gasteiger charge is -2.12. The van der Waals surface area contributed by atoms with Gasteiger partial charge in [-0.2, -0.15) is 0 Å².